The summed E-state index contributed by atoms with van der Waals surface area (Å²) >= 11 is 1.25. The van der Waals surface area contributed by atoms with E-state index < -0.39 is 17.7 Å². The lowest BCUT2D eigenvalue weighted by Gasteiger charge is -2.27. The molecule has 0 bridgehead atoms. The SMILES string of the molecule is COc1ccc(-c2ccc(F)cc2-c2csc(N(C)C(=O)C(CC(=O)O)CC3CCOCC3)n2)cn1. The van der Waals surface area contributed by atoms with Gasteiger partial charge in [-0.3, -0.25) is 14.5 Å². The zero-order valence-electron chi connectivity index (χ0n) is 20.1. The number of carbonyl (C=O) groups is 2. The van der Waals surface area contributed by atoms with Gasteiger partial charge in [0.2, 0.25) is 11.8 Å². The zero-order valence-corrected chi connectivity index (χ0v) is 21.0. The van der Waals surface area contributed by atoms with Crippen molar-refractivity contribution in [2.75, 3.05) is 32.3 Å². The van der Waals surface area contributed by atoms with Crippen molar-refractivity contribution in [1.29, 1.82) is 0 Å². The van der Waals surface area contributed by atoms with Gasteiger partial charge in [0.05, 0.1) is 19.2 Å². The maximum Gasteiger partial charge on any atom is 0.304 e. The molecular formula is C26H28FN3O5S. The minimum Gasteiger partial charge on any atom is -0.481 e. The Bertz CT molecular complexity index is 1210. The normalized spacial score (nSPS) is 14.9. The van der Waals surface area contributed by atoms with E-state index in [1.54, 1.807) is 30.8 Å². The maximum atomic E-state index is 14.2. The fourth-order valence-electron chi connectivity index (χ4n) is 4.42. The summed E-state index contributed by atoms with van der Waals surface area (Å²) in [5.41, 5.74) is 2.58. The number of methoxy groups -OCH3 is 1. The van der Waals surface area contributed by atoms with Crippen LogP contribution in [-0.4, -0.2) is 54.3 Å². The highest BCUT2D eigenvalue weighted by molar-refractivity contribution is 7.14. The third-order valence-electron chi connectivity index (χ3n) is 6.35. The second-order valence-electron chi connectivity index (χ2n) is 8.78. The van der Waals surface area contributed by atoms with Crippen LogP contribution in [0.25, 0.3) is 22.4 Å². The number of amides is 1. The minimum atomic E-state index is -1.01. The number of carboxylic acids is 1. The Balaban J connectivity index is 1.58. The molecule has 190 valence electrons. The third-order valence-corrected chi connectivity index (χ3v) is 7.27. The molecule has 1 aromatic carbocycles. The molecule has 10 heteroatoms. The topological polar surface area (TPSA) is 102 Å². The quantitative estimate of drug-likeness (QED) is 0.435. The van der Waals surface area contributed by atoms with E-state index in [1.165, 1.54) is 35.5 Å². The van der Waals surface area contributed by atoms with E-state index in [0.717, 1.165) is 24.0 Å². The summed E-state index contributed by atoms with van der Waals surface area (Å²) in [5.74, 6) is -1.64. The number of pyridine rings is 1. The van der Waals surface area contributed by atoms with Crippen molar-refractivity contribution in [2.24, 2.45) is 11.8 Å². The van der Waals surface area contributed by atoms with Gasteiger partial charge in [-0.1, -0.05) is 6.07 Å². The number of rotatable bonds is 9. The van der Waals surface area contributed by atoms with Crippen LogP contribution in [0, 0.1) is 17.7 Å². The molecule has 0 aliphatic carbocycles. The van der Waals surface area contributed by atoms with Crippen molar-refractivity contribution in [2.45, 2.75) is 25.7 Å². The molecule has 1 amide bonds. The van der Waals surface area contributed by atoms with E-state index in [0.29, 0.717) is 41.9 Å². The van der Waals surface area contributed by atoms with Gasteiger partial charge in [0, 0.05) is 54.9 Å². The first-order valence-corrected chi connectivity index (χ1v) is 12.6. The van der Waals surface area contributed by atoms with Gasteiger partial charge in [-0.15, -0.1) is 11.3 Å². The Labute approximate surface area is 212 Å². The molecule has 1 atom stereocenters. The monoisotopic (exact) mass is 513 g/mol. The summed E-state index contributed by atoms with van der Waals surface area (Å²) in [5, 5.41) is 11.6. The number of thiazole rings is 1. The second-order valence-corrected chi connectivity index (χ2v) is 9.61. The fourth-order valence-corrected chi connectivity index (χ4v) is 5.21. The summed E-state index contributed by atoms with van der Waals surface area (Å²) in [6.45, 7) is 1.26. The van der Waals surface area contributed by atoms with E-state index >= 15 is 0 Å². The largest absolute Gasteiger partial charge is 0.481 e. The lowest BCUT2D eigenvalue weighted by Crippen LogP contribution is -2.35. The van der Waals surface area contributed by atoms with Crippen molar-refractivity contribution >= 4 is 28.3 Å². The molecular weight excluding hydrogens is 485 g/mol. The summed E-state index contributed by atoms with van der Waals surface area (Å²) in [6, 6.07) is 8.00. The summed E-state index contributed by atoms with van der Waals surface area (Å²) in [7, 11) is 3.13. The van der Waals surface area contributed by atoms with Crippen molar-refractivity contribution in [1.82, 2.24) is 9.97 Å². The van der Waals surface area contributed by atoms with E-state index in [-0.39, 0.29) is 18.2 Å². The second kappa shape index (κ2) is 11.6. The van der Waals surface area contributed by atoms with Crippen LogP contribution in [-0.2, 0) is 14.3 Å². The van der Waals surface area contributed by atoms with Crippen molar-refractivity contribution in [3.8, 4) is 28.3 Å². The molecule has 1 fully saturated rings. The first-order valence-electron chi connectivity index (χ1n) is 11.7. The highest BCUT2D eigenvalue weighted by Gasteiger charge is 2.30. The standard InChI is InChI=1S/C26H28FN3O5S/c1-30(25(33)18(12-24(31)32)11-16-7-9-35-10-8-16)26-29-22(15-36-26)21-13-19(27)4-5-20(21)17-3-6-23(34-2)28-14-17/h3-6,13-16,18H,7-12H2,1-2H3,(H,31,32). The number of carbonyl (C=O) groups excluding carboxylic acids is 1. The van der Waals surface area contributed by atoms with Gasteiger partial charge in [0.15, 0.2) is 5.13 Å². The van der Waals surface area contributed by atoms with Crippen LogP contribution in [0.4, 0.5) is 9.52 Å². The number of benzene rings is 1. The van der Waals surface area contributed by atoms with E-state index in [1.807, 2.05) is 6.07 Å². The first kappa shape index (κ1) is 25.7. The van der Waals surface area contributed by atoms with Gasteiger partial charge in [-0.05, 0) is 48.9 Å². The molecule has 1 aliphatic rings. The molecule has 3 aromatic rings. The van der Waals surface area contributed by atoms with Crippen LogP contribution in [0.1, 0.15) is 25.7 Å². The summed E-state index contributed by atoms with van der Waals surface area (Å²) < 4.78 is 24.7. The lowest BCUT2D eigenvalue weighted by molar-refractivity contribution is -0.141. The Morgan fingerprint density at radius 2 is 2.03 bits per heavy atom. The first-order chi connectivity index (χ1) is 17.4. The molecule has 3 heterocycles. The molecule has 1 aliphatic heterocycles. The number of carboxylic acid groups (broad SMARTS) is 1. The highest BCUT2D eigenvalue weighted by atomic mass is 32.1. The molecule has 8 nitrogen and oxygen atoms in total. The van der Waals surface area contributed by atoms with Crippen LogP contribution >= 0.6 is 11.3 Å². The molecule has 2 aromatic heterocycles. The molecule has 0 saturated carbocycles. The van der Waals surface area contributed by atoms with Crippen LogP contribution in [0.5, 0.6) is 5.88 Å². The van der Waals surface area contributed by atoms with E-state index in [4.69, 9.17) is 9.47 Å². The van der Waals surface area contributed by atoms with Crippen LogP contribution in [0.15, 0.2) is 41.9 Å². The summed E-state index contributed by atoms with van der Waals surface area (Å²) in [6.07, 6.45) is 3.53. The van der Waals surface area contributed by atoms with Gasteiger partial charge in [-0.25, -0.2) is 14.4 Å². The average molecular weight is 514 g/mol. The molecule has 4 rings (SSSR count). The molecule has 1 N–H and O–H groups in total. The smallest absolute Gasteiger partial charge is 0.304 e. The van der Waals surface area contributed by atoms with Crippen molar-refractivity contribution in [3.05, 3.63) is 47.7 Å². The number of hydrogen-bond acceptors (Lipinski definition) is 7. The number of halogens is 1. The number of ether oxygens (including phenoxy) is 2. The predicted molar refractivity (Wildman–Crippen MR) is 135 cm³/mol. The minimum absolute atomic E-state index is 0.239. The lowest BCUT2D eigenvalue weighted by atomic mass is 9.86. The summed E-state index contributed by atoms with van der Waals surface area (Å²) in [4.78, 5) is 35.1. The van der Waals surface area contributed by atoms with E-state index in [9.17, 15) is 19.1 Å². The molecule has 1 unspecified atom stereocenters. The Morgan fingerprint density at radius 3 is 2.69 bits per heavy atom. The van der Waals surface area contributed by atoms with Crippen LogP contribution in [0.2, 0.25) is 0 Å². The van der Waals surface area contributed by atoms with Gasteiger partial charge in [0.25, 0.3) is 0 Å². The van der Waals surface area contributed by atoms with Crippen molar-refractivity contribution < 1.29 is 28.6 Å². The van der Waals surface area contributed by atoms with Gasteiger partial charge >= 0.3 is 5.97 Å². The van der Waals surface area contributed by atoms with Gasteiger partial charge < -0.3 is 14.6 Å². The molecule has 0 spiro atoms. The highest BCUT2D eigenvalue weighted by Crippen LogP contribution is 2.36. The average Bonchev–Trinajstić information content (AvgIpc) is 3.38. The Kier molecular flexibility index (Phi) is 8.27. The van der Waals surface area contributed by atoms with Crippen LogP contribution < -0.4 is 9.64 Å². The molecule has 0 radical (unpaired) electrons. The van der Waals surface area contributed by atoms with Gasteiger partial charge in [-0.2, -0.15) is 0 Å². The number of nitrogens with zero attached hydrogens (tertiary/aromatic N) is 3. The maximum absolute atomic E-state index is 14.2. The van der Waals surface area contributed by atoms with E-state index in [2.05, 4.69) is 9.97 Å². The third kappa shape index (κ3) is 6.06. The number of aromatic nitrogens is 2. The Morgan fingerprint density at radius 1 is 1.25 bits per heavy atom. The zero-order chi connectivity index (χ0) is 25.7. The molecule has 36 heavy (non-hydrogen) atoms. The fraction of sp³-hybridized carbons (Fsp3) is 0.385. The number of hydrogen-bond donors (Lipinski definition) is 1. The van der Waals surface area contributed by atoms with Crippen molar-refractivity contribution in [3.63, 3.8) is 0 Å². The van der Waals surface area contributed by atoms with Crippen LogP contribution in [0.3, 0.4) is 0 Å². The number of anilines is 1. The molecule has 1 saturated heterocycles. The predicted octanol–water partition coefficient (Wildman–Crippen LogP) is 4.89. The Hall–Kier alpha value is -3.37. The van der Waals surface area contributed by atoms with Gasteiger partial charge in [0.1, 0.15) is 5.82 Å². The number of aliphatic carboxylic acids is 1.